The standard InChI is InChI=1S/C23H29N5O/c1-27-14-18-5-3-2-4-17(18)12-21(27)23(29)28-11-8-20-19(15-28)13-25-22(26-20)16-6-9-24-10-7-16/h2-5,13,16,21,24H,6-12,14-15H2,1H3/t21-/m0/s1. The molecular weight excluding hydrogens is 362 g/mol. The lowest BCUT2D eigenvalue weighted by Crippen LogP contribution is -2.51. The number of fused-ring (bicyclic) bond motifs is 2. The van der Waals surface area contributed by atoms with Crippen LogP contribution in [-0.4, -0.2) is 58.4 Å². The fourth-order valence-electron chi connectivity index (χ4n) is 4.94. The number of carbonyl (C=O) groups excluding carboxylic acids is 1. The largest absolute Gasteiger partial charge is 0.336 e. The minimum atomic E-state index is -0.0821. The van der Waals surface area contributed by atoms with Gasteiger partial charge in [-0.3, -0.25) is 9.69 Å². The summed E-state index contributed by atoms with van der Waals surface area (Å²) in [6.07, 6.45) is 5.81. The molecule has 0 saturated carbocycles. The summed E-state index contributed by atoms with van der Waals surface area (Å²) in [5.74, 6) is 1.70. The zero-order valence-corrected chi connectivity index (χ0v) is 17.1. The molecule has 0 bridgehead atoms. The van der Waals surface area contributed by atoms with E-state index in [0.29, 0.717) is 12.5 Å². The Morgan fingerprint density at radius 2 is 1.90 bits per heavy atom. The molecule has 29 heavy (non-hydrogen) atoms. The lowest BCUT2D eigenvalue weighted by molar-refractivity contribution is -0.138. The molecule has 0 aliphatic carbocycles. The maximum absolute atomic E-state index is 13.3. The average Bonchev–Trinajstić information content (AvgIpc) is 2.78. The first-order valence-corrected chi connectivity index (χ1v) is 10.8. The second-order valence-electron chi connectivity index (χ2n) is 8.64. The van der Waals surface area contributed by atoms with Crippen LogP contribution in [-0.2, 0) is 30.7 Å². The molecule has 1 atom stereocenters. The molecule has 3 aliphatic heterocycles. The van der Waals surface area contributed by atoms with Crippen LogP contribution >= 0.6 is 0 Å². The minimum Gasteiger partial charge on any atom is -0.336 e. The van der Waals surface area contributed by atoms with Crippen LogP contribution in [0, 0.1) is 0 Å². The van der Waals surface area contributed by atoms with Crippen LogP contribution in [0.15, 0.2) is 30.5 Å². The number of nitrogens with zero attached hydrogens (tertiary/aromatic N) is 4. The van der Waals surface area contributed by atoms with Crippen molar-refractivity contribution in [2.24, 2.45) is 0 Å². The quantitative estimate of drug-likeness (QED) is 0.847. The molecule has 1 aromatic carbocycles. The summed E-state index contributed by atoms with van der Waals surface area (Å²) in [6, 6.07) is 8.39. The lowest BCUT2D eigenvalue weighted by atomic mass is 9.93. The summed E-state index contributed by atoms with van der Waals surface area (Å²) in [7, 11) is 2.06. The van der Waals surface area contributed by atoms with Crippen LogP contribution in [0.2, 0.25) is 0 Å². The molecule has 4 heterocycles. The van der Waals surface area contributed by atoms with Crippen molar-refractivity contribution in [3.05, 3.63) is 58.7 Å². The summed E-state index contributed by atoms with van der Waals surface area (Å²) in [4.78, 5) is 27.1. The van der Waals surface area contributed by atoms with Crippen molar-refractivity contribution in [1.82, 2.24) is 25.1 Å². The average molecular weight is 392 g/mol. The first-order valence-electron chi connectivity index (χ1n) is 10.8. The second kappa shape index (κ2) is 7.84. The number of likely N-dealkylation sites (N-methyl/N-ethyl adjacent to an activating group) is 1. The molecule has 1 amide bonds. The molecule has 0 radical (unpaired) electrons. The zero-order chi connectivity index (χ0) is 19.8. The molecule has 1 aromatic heterocycles. The molecule has 5 rings (SSSR count). The Kier molecular flexibility index (Phi) is 5.06. The number of hydrogen-bond acceptors (Lipinski definition) is 5. The highest BCUT2D eigenvalue weighted by atomic mass is 16.2. The van der Waals surface area contributed by atoms with Gasteiger partial charge in [-0.15, -0.1) is 0 Å². The Balaban J connectivity index is 1.30. The van der Waals surface area contributed by atoms with Crippen LogP contribution in [0.4, 0.5) is 0 Å². The van der Waals surface area contributed by atoms with E-state index in [0.717, 1.165) is 68.9 Å². The van der Waals surface area contributed by atoms with E-state index >= 15 is 0 Å². The van der Waals surface area contributed by atoms with E-state index in [9.17, 15) is 4.79 Å². The van der Waals surface area contributed by atoms with Crippen molar-refractivity contribution in [1.29, 1.82) is 0 Å². The third-order valence-electron chi connectivity index (χ3n) is 6.74. The normalized spacial score (nSPS) is 22.8. The van der Waals surface area contributed by atoms with Crippen LogP contribution in [0.1, 0.15) is 47.0 Å². The summed E-state index contributed by atoms with van der Waals surface area (Å²) in [6.45, 7) is 4.31. The van der Waals surface area contributed by atoms with Crippen molar-refractivity contribution < 1.29 is 4.79 Å². The van der Waals surface area contributed by atoms with Crippen LogP contribution in [0.5, 0.6) is 0 Å². The van der Waals surface area contributed by atoms with E-state index in [2.05, 4.69) is 46.5 Å². The van der Waals surface area contributed by atoms with Crippen molar-refractivity contribution in [2.75, 3.05) is 26.7 Å². The van der Waals surface area contributed by atoms with Crippen molar-refractivity contribution in [2.45, 2.75) is 50.7 Å². The highest BCUT2D eigenvalue weighted by molar-refractivity contribution is 5.82. The minimum absolute atomic E-state index is 0.0821. The van der Waals surface area contributed by atoms with Gasteiger partial charge in [-0.05, 0) is 50.5 Å². The van der Waals surface area contributed by atoms with Crippen molar-refractivity contribution in [3.63, 3.8) is 0 Å². The molecule has 1 N–H and O–H groups in total. The van der Waals surface area contributed by atoms with Crippen LogP contribution in [0.3, 0.4) is 0 Å². The summed E-state index contributed by atoms with van der Waals surface area (Å²) >= 11 is 0. The Morgan fingerprint density at radius 3 is 2.72 bits per heavy atom. The van der Waals surface area contributed by atoms with Gasteiger partial charge in [0.1, 0.15) is 5.82 Å². The molecule has 0 unspecified atom stereocenters. The van der Waals surface area contributed by atoms with Gasteiger partial charge in [0.05, 0.1) is 11.7 Å². The maximum atomic E-state index is 13.3. The lowest BCUT2D eigenvalue weighted by Gasteiger charge is -2.38. The summed E-state index contributed by atoms with van der Waals surface area (Å²) < 4.78 is 0. The SMILES string of the molecule is CN1Cc2ccccc2C[C@H]1C(=O)N1CCc2nc(C3CCNCC3)ncc2C1. The number of nitrogens with one attached hydrogen (secondary N) is 1. The molecule has 1 fully saturated rings. The molecule has 3 aliphatic rings. The van der Waals surface area contributed by atoms with Crippen LogP contribution in [0.25, 0.3) is 0 Å². The molecule has 0 spiro atoms. The third-order valence-corrected chi connectivity index (χ3v) is 6.74. The predicted octanol–water partition coefficient (Wildman–Crippen LogP) is 1.88. The van der Waals surface area contributed by atoms with Gasteiger partial charge in [0.15, 0.2) is 0 Å². The van der Waals surface area contributed by atoms with E-state index in [-0.39, 0.29) is 11.9 Å². The van der Waals surface area contributed by atoms with E-state index in [1.54, 1.807) is 0 Å². The second-order valence-corrected chi connectivity index (χ2v) is 8.64. The molecule has 6 nitrogen and oxygen atoms in total. The first kappa shape index (κ1) is 18.7. The highest BCUT2D eigenvalue weighted by Crippen LogP contribution is 2.27. The highest BCUT2D eigenvalue weighted by Gasteiger charge is 2.34. The third kappa shape index (κ3) is 3.67. The molecule has 6 heteroatoms. The van der Waals surface area contributed by atoms with E-state index in [1.807, 2.05) is 11.1 Å². The van der Waals surface area contributed by atoms with Gasteiger partial charge in [-0.2, -0.15) is 0 Å². The van der Waals surface area contributed by atoms with E-state index < -0.39 is 0 Å². The van der Waals surface area contributed by atoms with Crippen molar-refractivity contribution in [3.8, 4) is 0 Å². The molecule has 152 valence electrons. The maximum Gasteiger partial charge on any atom is 0.240 e. The first-order chi connectivity index (χ1) is 14.2. The van der Waals surface area contributed by atoms with Gasteiger partial charge in [0.2, 0.25) is 5.91 Å². The van der Waals surface area contributed by atoms with E-state index in [4.69, 9.17) is 4.98 Å². The topological polar surface area (TPSA) is 61.4 Å². The molecule has 2 aromatic rings. The smallest absolute Gasteiger partial charge is 0.240 e. The Hall–Kier alpha value is -2.31. The Labute approximate surface area is 172 Å². The van der Waals surface area contributed by atoms with Gasteiger partial charge in [-0.25, -0.2) is 9.97 Å². The van der Waals surface area contributed by atoms with Gasteiger partial charge in [0, 0.05) is 43.7 Å². The number of rotatable bonds is 2. The summed E-state index contributed by atoms with van der Waals surface area (Å²) in [5, 5.41) is 3.40. The van der Waals surface area contributed by atoms with Gasteiger partial charge in [-0.1, -0.05) is 24.3 Å². The monoisotopic (exact) mass is 391 g/mol. The fourth-order valence-corrected chi connectivity index (χ4v) is 4.94. The van der Waals surface area contributed by atoms with Gasteiger partial charge >= 0.3 is 0 Å². The van der Waals surface area contributed by atoms with Crippen LogP contribution < -0.4 is 5.32 Å². The number of carbonyl (C=O) groups is 1. The van der Waals surface area contributed by atoms with Gasteiger partial charge in [0.25, 0.3) is 0 Å². The predicted molar refractivity (Wildman–Crippen MR) is 111 cm³/mol. The van der Waals surface area contributed by atoms with E-state index in [1.165, 1.54) is 11.1 Å². The number of aromatic nitrogens is 2. The molecular formula is C23H29N5O. The molecule has 1 saturated heterocycles. The number of amides is 1. The Morgan fingerprint density at radius 1 is 1.10 bits per heavy atom. The van der Waals surface area contributed by atoms with Crippen molar-refractivity contribution >= 4 is 5.91 Å². The number of benzene rings is 1. The van der Waals surface area contributed by atoms with Gasteiger partial charge < -0.3 is 10.2 Å². The Bertz CT molecular complexity index is 908. The number of piperidine rings is 1. The summed E-state index contributed by atoms with van der Waals surface area (Å²) in [5.41, 5.74) is 4.89. The number of hydrogen-bond donors (Lipinski definition) is 1. The zero-order valence-electron chi connectivity index (χ0n) is 17.1. The fraction of sp³-hybridized carbons (Fsp3) is 0.522.